The summed E-state index contributed by atoms with van der Waals surface area (Å²) in [7, 11) is 0. The molecule has 0 fully saturated rings. The quantitative estimate of drug-likeness (QED) is 0.864. The molecule has 1 amide bonds. The summed E-state index contributed by atoms with van der Waals surface area (Å²) in [6, 6.07) is 8.21. The zero-order valence-corrected chi connectivity index (χ0v) is 14.3. The van der Waals surface area contributed by atoms with E-state index in [-0.39, 0.29) is 18.5 Å². The molecule has 0 bridgehead atoms. The summed E-state index contributed by atoms with van der Waals surface area (Å²) in [6.07, 6.45) is 3.95. The Labute approximate surface area is 150 Å². The molecule has 2 heterocycles. The number of aromatic nitrogens is 1. The number of rotatable bonds is 2. The smallest absolute Gasteiger partial charge is 0.326 e. The van der Waals surface area contributed by atoms with E-state index in [1.54, 1.807) is 6.07 Å². The van der Waals surface area contributed by atoms with Crippen LogP contribution < -0.4 is 5.56 Å². The molecule has 6 heteroatoms. The number of aliphatic carboxylic acids is 1. The van der Waals surface area contributed by atoms with Gasteiger partial charge in [-0.3, -0.25) is 9.59 Å². The number of carboxylic acid groups (broad SMARTS) is 1. The average molecular weight is 352 g/mol. The van der Waals surface area contributed by atoms with E-state index < -0.39 is 23.5 Å². The van der Waals surface area contributed by atoms with Crippen LogP contribution in [-0.2, 0) is 30.6 Å². The maximum absolute atomic E-state index is 13.1. The Hall–Kier alpha value is -2.89. The molecule has 1 aliphatic heterocycles. The van der Waals surface area contributed by atoms with E-state index in [4.69, 9.17) is 0 Å². The average Bonchev–Trinajstić information content (AvgIpc) is 2.65. The number of hydrogen-bond acceptors (Lipinski definition) is 3. The second-order valence-corrected chi connectivity index (χ2v) is 6.98. The van der Waals surface area contributed by atoms with E-state index in [9.17, 15) is 19.5 Å². The number of pyridine rings is 1. The maximum atomic E-state index is 13.1. The minimum atomic E-state index is -1.05. The van der Waals surface area contributed by atoms with Gasteiger partial charge >= 0.3 is 5.97 Å². The number of benzene rings is 1. The fourth-order valence-corrected chi connectivity index (χ4v) is 3.95. The highest BCUT2D eigenvalue weighted by molar-refractivity contribution is 5.96. The third kappa shape index (κ3) is 2.81. The molecule has 26 heavy (non-hydrogen) atoms. The topological polar surface area (TPSA) is 90.5 Å². The number of hydrogen-bond donors (Lipinski definition) is 2. The van der Waals surface area contributed by atoms with Gasteiger partial charge < -0.3 is 15.0 Å². The summed E-state index contributed by atoms with van der Waals surface area (Å²) in [4.78, 5) is 41.4. The summed E-state index contributed by atoms with van der Waals surface area (Å²) < 4.78 is 0. The minimum absolute atomic E-state index is 0.0382. The second kappa shape index (κ2) is 6.44. The molecule has 0 spiro atoms. The number of aromatic amines is 1. The van der Waals surface area contributed by atoms with Crippen LogP contribution in [0.2, 0.25) is 0 Å². The van der Waals surface area contributed by atoms with Gasteiger partial charge in [-0.05, 0) is 48.4 Å². The third-order valence-corrected chi connectivity index (χ3v) is 5.36. The van der Waals surface area contributed by atoms with Crippen LogP contribution in [0.1, 0.15) is 45.6 Å². The molecule has 0 radical (unpaired) electrons. The van der Waals surface area contributed by atoms with Gasteiger partial charge in [-0.25, -0.2) is 4.79 Å². The zero-order valence-electron chi connectivity index (χ0n) is 14.3. The van der Waals surface area contributed by atoms with Crippen molar-refractivity contribution in [1.29, 1.82) is 0 Å². The van der Waals surface area contributed by atoms with Gasteiger partial charge in [0.25, 0.3) is 11.5 Å². The summed E-state index contributed by atoms with van der Waals surface area (Å²) in [6.45, 7) is 0.197. The number of H-pyrrole nitrogens is 1. The Morgan fingerprint density at radius 3 is 2.58 bits per heavy atom. The molecule has 2 N–H and O–H groups in total. The molecule has 1 atom stereocenters. The van der Waals surface area contributed by atoms with Crippen LogP contribution in [0.25, 0.3) is 0 Å². The van der Waals surface area contributed by atoms with Gasteiger partial charge in [0.2, 0.25) is 0 Å². The highest BCUT2D eigenvalue weighted by Gasteiger charge is 2.36. The zero-order chi connectivity index (χ0) is 18.3. The third-order valence-electron chi connectivity index (χ3n) is 5.36. The lowest BCUT2D eigenvalue weighted by molar-refractivity contribution is -0.142. The van der Waals surface area contributed by atoms with Crippen molar-refractivity contribution in [1.82, 2.24) is 9.88 Å². The monoisotopic (exact) mass is 352 g/mol. The Kier molecular flexibility index (Phi) is 4.11. The van der Waals surface area contributed by atoms with E-state index in [0.717, 1.165) is 48.1 Å². The van der Waals surface area contributed by atoms with Crippen LogP contribution in [0.4, 0.5) is 0 Å². The van der Waals surface area contributed by atoms with E-state index in [2.05, 4.69) is 4.98 Å². The molecular weight excluding hydrogens is 332 g/mol. The van der Waals surface area contributed by atoms with Crippen LogP contribution in [0.3, 0.4) is 0 Å². The normalized spacial score (nSPS) is 18.8. The van der Waals surface area contributed by atoms with Crippen LogP contribution in [0.15, 0.2) is 35.1 Å². The number of carbonyl (C=O) groups is 2. The Bertz CT molecular complexity index is 947. The SMILES string of the molecule is O=C(O)C1Cc2ccccc2CN1C(=O)c1cc2c([nH]c1=O)CCCC2. The standard InChI is InChI=1S/C20H20N2O4/c23-18-15(9-13-6-3-4-8-16(13)21-18)19(24)22-11-14-7-2-1-5-12(14)10-17(22)20(25)26/h1-2,5,7,9,17H,3-4,6,8,10-11H2,(H,21,23)(H,25,26). The Morgan fingerprint density at radius 2 is 1.81 bits per heavy atom. The first-order valence-corrected chi connectivity index (χ1v) is 8.90. The maximum Gasteiger partial charge on any atom is 0.326 e. The molecule has 1 aliphatic carbocycles. The number of aryl methyl sites for hydroxylation is 2. The predicted octanol–water partition coefficient (Wildman–Crippen LogP) is 1.91. The van der Waals surface area contributed by atoms with Gasteiger partial charge in [-0.15, -0.1) is 0 Å². The largest absolute Gasteiger partial charge is 0.480 e. The van der Waals surface area contributed by atoms with Crippen molar-refractivity contribution in [2.24, 2.45) is 0 Å². The molecule has 4 rings (SSSR count). The molecule has 1 aromatic heterocycles. The van der Waals surface area contributed by atoms with Gasteiger partial charge in [0.1, 0.15) is 11.6 Å². The summed E-state index contributed by atoms with van der Waals surface area (Å²) >= 11 is 0. The minimum Gasteiger partial charge on any atom is -0.480 e. The summed E-state index contributed by atoms with van der Waals surface area (Å²) in [5, 5.41) is 9.61. The van der Waals surface area contributed by atoms with Gasteiger partial charge in [-0.2, -0.15) is 0 Å². The van der Waals surface area contributed by atoms with Crippen molar-refractivity contribution in [2.75, 3.05) is 0 Å². The first-order chi connectivity index (χ1) is 12.5. The van der Waals surface area contributed by atoms with Gasteiger partial charge in [0, 0.05) is 18.7 Å². The van der Waals surface area contributed by atoms with Crippen molar-refractivity contribution in [3.63, 3.8) is 0 Å². The Balaban J connectivity index is 1.73. The number of nitrogens with one attached hydrogen (secondary N) is 1. The van der Waals surface area contributed by atoms with Crippen molar-refractivity contribution < 1.29 is 14.7 Å². The van der Waals surface area contributed by atoms with Crippen molar-refractivity contribution in [2.45, 2.75) is 44.7 Å². The van der Waals surface area contributed by atoms with Crippen LogP contribution in [0.5, 0.6) is 0 Å². The lowest BCUT2D eigenvalue weighted by Crippen LogP contribution is -2.49. The Morgan fingerprint density at radius 1 is 1.08 bits per heavy atom. The van der Waals surface area contributed by atoms with Gasteiger partial charge in [-0.1, -0.05) is 24.3 Å². The number of carbonyl (C=O) groups excluding carboxylic acids is 1. The molecular formula is C20H20N2O4. The number of fused-ring (bicyclic) bond motifs is 2. The lowest BCUT2D eigenvalue weighted by Gasteiger charge is -2.34. The summed E-state index contributed by atoms with van der Waals surface area (Å²) in [5.74, 6) is -1.57. The number of amides is 1. The van der Waals surface area contributed by atoms with Crippen LogP contribution in [-0.4, -0.2) is 32.9 Å². The molecule has 2 aromatic rings. The fraction of sp³-hybridized carbons (Fsp3) is 0.350. The molecule has 6 nitrogen and oxygen atoms in total. The molecule has 0 saturated heterocycles. The molecule has 134 valence electrons. The van der Waals surface area contributed by atoms with E-state index in [0.29, 0.717) is 0 Å². The predicted molar refractivity (Wildman–Crippen MR) is 95.1 cm³/mol. The summed E-state index contributed by atoms with van der Waals surface area (Å²) in [5.41, 5.74) is 3.35. The molecule has 0 saturated carbocycles. The highest BCUT2D eigenvalue weighted by atomic mass is 16.4. The first-order valence-electron chi connectivity index (χ1n) is 8.90. The number of nitrogens with zero attached hydrogens (tertiary/aromatic N) is 1. The highest BCUT2D eigenvalue weighted by Crippen LogP contribution is 2.26. The fourth-order valence-electron chi connectivity index (χ4n) is 3.95. The van der Waals surface area contributed by atoms with Crippen LogP contribution in [0, 0.1) is 0 Å². The van der Waals surface area contributed by atoms with Crippen molar-refractivity contribution >= 4 is 11.9 Å². The van der Waals surface area contributed by atoms with Gasteiger partial charge in [0.15, 0.2) is 0 Å². The first kappa shape index (κ1) is 16.6. The van der Waals surface area contributed by atoms with E-state index in [1.807, 2.05) is 24.3 Å². The second-order valence-electron chi connectivity index (χ2n) is 6.98. The number of carboxylic acids is 1. The van der Waals surface area contributed by atoms with E-state index >= 15 is 0 Å². The molecule has 1 unspecified atom stereocenters. The van der Waals surface area contributed by atoms with Crippen LogP contribution >= 0.6 is 0 Å². The molecule has 2 aliphatic rings. The lowest BCUT2D eigenvalue weighted by atomic mass is 9.92. The van der Waals surface area contributed by atoms with E-state index in [1.165, 1.54) is 4.90 Å². The molecule has 1 aromatic carbocycles. The van der Waals surface area contributed by atoms with Crippen molar-refractivity contribution in [3.05, 3.63) is 68.6 Å². The van der Waals surface area contributed by atoms with Gasteiger partial charge in [0.05, 0.1) is 0 Å². The van der Waals surface area contributed by atoms with Crippen molar-refractivity contribution in [3.8, 4) is 0 Å².